The standard InChI is InChI=1S/C47H32N2/c1-2-44-48-42-22-12-18-37-45(29-13-4-3-5-14-29)36-26-24-31(28-43(36)49(44)46(37)42)30-23-25-35-34-17-8-11-21-40(34)47(41(35)27-30)38-19-9-6-15-32(38)33-16-7-10-20-39(33)47/h3-28,45H,2H2,1H3. The van der Waals surface area contributed by atoms with Crippen LogP contribution in [0.4, 0.5) is 0 Å². The number of aryl methyl sites for hydroxylation is 1. The highest BCUT2D eigenvalue weighted by Crippen LogP contribution is 2.63. The van der Waals surface area contributed by atoms with Crippen LogP contribution in [0.3, 0.4) is 0 Å². The largest absolute Gasteiger partial charge is 0.296 e. The number of benzene rings is 7. The Hall–Kier alpha value is -5.99. The van der Waals surface area contributed by atoms with Gasteiger partial charge in [0.1, 0.15) is 5.82 Å². The quantitative estimate of drug-likeness (QED) is 0.191. The van der Waals surface area contributed by atoms with Gasteiger partial charge in [0.15, 0.2) is 0 Å². The zero-order valence-electron chi connectivity index (χ0n) is 27.2. The third-order valence-corrected chi connectivity index (χ3v) is 11.5. The first-order chi connectivity index (χ1) is 24.3. The van der Waals surface area contributed by atoms with E-state index in [9.17, 15) is 0 Å². The number of para-hydroxylation sites is 1. The maximum Gasteiger partial charge on any atom is 0.114 e. The van der Waals surface area contributed by atoms with Crippen molar-refractivity contribution < 1.29 is 0 Å². The number of aromatic nitrogens is 2. The van der Waals surface area contributed by atoms with Gasteiger partial charge in [0.2, 0.25) is 0 Å². The van der Waals surface area contributed by atoms with Crippen LogP contribution in [-0.4, -0.2) is 9.55 Å². The van der Waals surface area contributed by atoms with Gasteiger partial charge in [-0.1, -0.05) is 146 Å². The van der Waals surface area contributed by atoms with E-state index >= 15 is 0 Å². The van der Waals surface area contributed by atoms with Gasteiger partial charge in [0.25, 0.3) is 0 Å². The van der Waals surface area contributed by atoms with Gasteiger partial charge in [-0.15, -0.1) is 0 Å². The number of hydrogen-bond donors (Lipinski definition) is 0. The van der Waals surface area contributed by atoms with Crippen LogP contribution in [0.5, 0.6) is 0 Å². The molecule has 1 spiro atoms. The molecule has 1 atom stereocenters. The minimum atomic E-state index is -0.355. The van der Waals surface area contributed by atoms with Crippen molar-refractivity contribution in [3.8, 4) is 39.1 Å². The van der Waals surface area contributed by atoms with Crippen LogP contribution >= 0.6 is 0 Å². The molecule has 8 aromatic rings. The normalized spacial score (nSPS) is 15.5. The summed E-state index contributed by atoms with van der Waals surface area (Å²) in [4.78, 5) is 5.16. The van der Waals surface area contributed by atoms with Gasteiger partial charge in [0, 0.05) is 12.3 Å². The molecule has 1 aliphatic heterocycles. The summed E-state index contributed by atoms with van der Waals surface area (Å²) >= 11 is 0. The summed E-state index contributed by atoms with van der Waals surface area (Å²) in [6.07, 6.45) is 0.867. The van der Waals surface area contributed by atoms with Gasteiger partial charge in [-0.2, -0.15) is 0 Å². The lowest BCUT2D eigenvalue weighted by Gasteiger charge is -2.31. The second kappa shape index (κ2) is 9.78. The summed E-state index contributed by atoms with van der Waals surface area (Å²) in [6.45, 7) is 2.21. The molecule has 230 valence electrons. The van der Waals surface area contributed by atoms with E-state index in [1.165, 1.54) is 83.5 Å². The van der Waals surface area contributed by atoms with Crippen molar-refractivity contribution in [2.24, 2.45) is 0 Å². The minimum absolute atomic E-state index is 0.145. The number of rotatable bonds is 3. The highest BCUT2D eigenvalue weighted by Gasteiger charge is 2.51. The first-order valence-corrected chi connectivity index (χ1v) is 17.4. The smallest absolute Gasteiger partial charge is 0.114 e. The van der Waals surface area contributed by atoms with Crippen molar-refractivity contribution in [3.05, 3.63) is 202 Å². The van der Waals surface area contributed by atoms with Crippen molar-refractivity contribution in [3.63, 3.8) is 0 Å². The predicted octanol–water partition coefficient (Wildman–Crippen LogP) is 11.1. The van der Waals surface area contributed by atoms with Gasteiger partial charge >= 0.3 is 0 Å². The molecule has 49 heavy (non-hydrogen) atoms. The molecule has 2 nitrogen and oxygen atoms in total. The Kier molecular flexibility index (Phi) is 5.39. The number of hydrogen-bond acceptors (Lipinski definition) is 1. The van der Waals surface area contributed by atoms with E-state index in [-0.39, 0.29) is 11.3 Å². The SMILES string of the molecule is CCc1nc2cccc3c2n1-c1cc(-c2ccc4c(c2)C2(c5ccccc5-c5ccccc52)c2ccccc2-4)ccc1C3c1ccccc1. The van der Waals surface area contributed by atoms with Gasteiger partial charge in [-0.3, -0.25) is 4.57 Å². The second-order valence-corrected chi connectivity index (χ2v) is 13.7. The van der Waals surface area contributed by atoms with Crippen LogP contribution in [0, 0.1) is 0 Å². The molecule has 0 amide bonds. The van der Waals surface area contributed by atoms with Crippen LogP contribution in [0.2, 0.25) is 0 Å². The Bertz CT molecular complexity index is 2600. The molecule has 2 heterocycles. The lowest BCUT2D eigenvalue weighted by molar-refractivity contribution is 0.794. The molecule has 1 unspecified atom stereocenters. The van der Waals surface area contributed by atoms with Crippen molar-refractivity contribution in [2.75, 3.05) is 0 Å². The molecule has 0 fully saturated rings. The van der Waals surface area contributed by atoms with E-state index in [1.54, 1.807) is 0 Å². The average Bonchev–Trinajstić information content (AvgIpc) is 3.80. The van der Waals surface area contributed by atoms with Crippen molar-refractivity contribution in [1.29, 1.82) is 0 Å². The number of fused-ring (bicyclic) bond motifs is 12. The molecule has 11 rings (SSSR count). The Morgan fingerprint density at radius 1 is 0.531 bits per heavy atom. The summed E-state index contributed by atoms with van der Waals surface area (Å²) in [5.41, 5.74) is 20.4. The minimum Gasteiger partial charge on any atom is -0.296 e. The topological polar surface area (TPSA) is 17.8 Å². The third-order valence-electron chi connectivity index (χ3n) is 11.5. The van der Waals surface area contributed by atoms with Crippen LogP contribution in [-0.2, 0) is 11.8 Å². The van der Waals surface area contributed by atoms with E-state index < -0.39 is 0 Å². The maximum atomic E-state index is 5.16. The summed E-state index contributed by atoms with van der Waals surface area (Å²) in [5, 5.41) is 0. The lowest BCUT2D eigenvalue weighted by Crippen LogP contribution is -2.25. The predicted molar refractivity (Wildman–Crippen MR) is 200 cm³/mol. The third kappa shape index (κ3) is 3.38. The molecular formula is C47H32N2. The number of nitrogens with zero attached hydrogens (tertiary/aromatic N) is 2. The molecular weight excluding hydrogens is 593 g/mol. The molecule has 0 radical (unpaired) electrons. The highest BCUT2D eigenvalue weighted by molar-refractivity contribution is 5.96. The van der Waals surface area contributed by atoms with E-state index in [4.69, 9.17) is 4.98 Å². The monoisotopic (exact) mass is 624 g/mol. The molecule has 0 N–H and O–H groups in total. The Balaban J connectivity index is 1.17. The molecule has 0 saturated heterocycles. The molecule has 2 aliphatic carbocycles. The Morgan fingerprint density at radius 2 is 1.12 bits per heavy atom. The van der Waals surface area contributed by atoms with Crippen molar-refractivity contribution >= 4 is 11.0 Å². The Morgan fingerprint density at radius 3 is 1.80 bits per heavy atom. The molecule has 0 bridgehead atoms. The van der Waals surface area contributed by atoms with Crippen molar-refractivity contribution in [2.45, 2.75) is 24.7 Å². The van der Waals surface area contributed by atoms with Gasteiger partial charge in [-0.25, -0.2) is 4.98 Å². The van der Waals surface area contributed by atoms with Gasteiger partial charge < -0.3 is 0 Å². The fraction of sp³-hybridized carbons (Fsp3) is 0.0851. The van der Waals surface area contributed by atoms with E-state index in [0.29, 0.717) is 0 Å². The molecule has 3 aliphatic rings. The first kappa shape index (κ1) is 27.0. The molecule has 7 aromatic carbocycles. The summed E-state index contributed by atoms with van der Waals surface area (Å²) in [5.74, 6) is 1.25. The zero-order valence-corrected chi connectivity index (χ0v) is 27.2. The molecule has 2 heteroatoms. The summed E-state index contributed by atoms with van der Waals surface area (Å²) in [6, 6.07) is 59.1. The molecule has 0 saturated carbocycles. The maximum absolute atomic E-state index is 5.16. The van der Waals surface area contributed by atoms with Gasteiger partial charge in [-0.05, 0) is 90.5 Å². The van der Waals surface area contributed by atoms with Crippen LogP contribution in [0.1, 0.15) is 57.6 Å². The van der Waals surface area contributed by atoms with E-state index in [2.05, 4.69) is 169 Å². The van der Waals surface area contributed by atoms with Crippen LogP contribution < -0.4 is 0 Å². The van der Waals surface area contributed by atoms with E-state index in [0.717, 1.165) is 17.8 Å². The van der Waals surface area contributed by atoms with Gasteiger partial charge in [0.05, 0.1) is 22.1 Å². The summed E-state index contributed by atoms with van der Waals surface area (Å²) < 4.78 is 2.44. The zero-order chi connectivity index (χ0) is 32.3. The average molecular weight is 625 g/mol. The lowest BCUT2D eigenvalue weighted by atomic mass is 9.70. The second-order valence-electron chi connectivity index (χ2n) is 13.7. The van der Waals surface area contributed by atoms with Crippen LogP contribution in [0.25, 0.3) is 50.1 Å². The Labute approximate surface area is 286 Å². The number of imidazole rings is 1. The summed E-state index contributed by atoms with van der Waals surface area (Å²) in [7, 11) is 0. The fourth-order valence-electron chi connectivity index (χ4n) is 9.54. The molecule has 1 aromatic heterocycles. The van der Waals surface area contributed by atoms with Crippen LogP contribution in [0.15, 0.2) is 158 Å². The van der Waals surface area contributed by atoms with E-state index in [1.807, 2.05) is 0 Å². The fourth-order valence-corrected chi connectivity index (χ4v) is 9.54. The first-order valence-electron chi connectivity index (χ1n) is 17.4. The highest BCUT2D eigenvalue weighted by atomic mass is 15.1. The van der Waals surface area contributed by atoms with Crippen molar-refractivity contribution in [1.82, 2.24) is 9.55 Å².